The van der Waals surface area contributed by atoms with Crippen LogP contribution in [0.3, 0.4) is 0 Å². The Labute approximate surface area is 240 Å². The molecule has 0 aliphatic carbocycles. The number of sulfonamides is 1. The number of nitrogens with zero attached hydrogens (tertiary/aromatic N) is 9. The maximum absolute atomic E-state index is 13.7. The largest absolute Gasteiger partial charge is 0.479 e. The second-order valence-corrected chi connectivity index (χ2v) is 11.8. The number of benzene rings is 1. The number of rotatable bonds is 9. The van der Waals surface area contributed by atoms with Gasteiger partial charge in [0, 0.05) is 30.7 Å². The summed E-state index contributed by atoms with van der Waals surface area (Å²) in [6.07, 6.45) is 4.11. The Morgan fingerprint density at radius 2 is 1.66 bits per heavy atom. The Morgan fingerprint density at radius 1 is 1.00 bits per heavy atom. The highest BCUT2D eigenvalue weighted by atomic mass is 35.5. The molecule has 0 saturated carbocycles. The third-order valence-electron chi connectivity index (χ3n) is 6.72. The molecule has 0 radical (unpaired) electrons. The lowest BCUT2D eigenvalue weighted by molar-refractivity contribution is 0.368. The number of nitrogens with one attached hydrogen (secondary N) is 1. The van der Waals surface area contributed by atoms with E-state index in [-0.39, 0.29) is 29.2 Å². The minimum Gasteiger partial charge on any atom is -0.479 e. The molecule has 0 fully saturated rings. The molecule has 16 heteroatoms. The van der Waals surface area contributed by atoms with Gasteiger partial charge in [-0.1, -0.05) is 30.2 Å². The van der Waals surface area contributed by atoms with Crippen LogP contribution in [0.15, 0.2) is 36.9 Å². The summed E-state index contributed by atoms with van der Waals surface area (Å²) in [5.74, 6) is 0.00876. The first-order valence-corrected chi connectivity index (χ1v) is 14.3. The lowest BCUT2D eigenvalue weighted by Gasteiger charge is -2.20. The molecule has 2 unspecified atom stereocenters. The van der Waals surface area contributed by atoms with Crippen molar-refractivity contribution in [1.29, 1.82) is 0 Å². The molecule has 0 aliphatic rings. The van der Waals surface area contributed by atoms with Gasteiger partial charge in [-0.05, 0) is 26.0 Å². The minimum atomic E-state index is -4.09. The summed E-state index contributed by atoms with van der Waals surface area (Å²) in [7, 11) is 0.568. The van der Waals surface area contributed by atoms with Crippen LogP contribution in [0.2, 0.25) is 5.02 Å². The molecule has 4 aromatic heterocycles. The number of fused-ring (bicyclic) bond motifs is 1. The monoisotopic (exact) mass is 598 g/mol. The van der Waals surface area contributed by atoms with Crippen molar-refractivity contribution in [3.8, 4) is 29.0 Å². The number of aryl methyl sites for hydroxylation is 2. The van der Waals surface area contributed by atoms with Gasteiger partial charge in [-0.15, -0.1) is 10.2 Å². The molecule has 4 heterocycles. The summed E-state index contributed by atoms with van der Waals surface area (Å²) in [5.41, 5.74) is 2.48. The first-order valence-electron chi connectivity index (χ1n) is 12.4. The molecule has 2 atom stereocenters. The Kier molecular flexibility index (Phi) is 7.48. The van der Waals surface area contributed by atoms with E-state index in [4.69, 9.17) is 21.1 Å². The number of anilines is 1. The highest BCUT2D eigenvalue weighted by Crippen LogP contribution is 2.37. The molecule has 5 rings (SSSR count). The Morgan fingerprint density at radius 3 is 2.29 bits per heavy atom. The fourth-order valence-electron chi connectivity index (χ4n) is 4.35. The SMILES string of the molecule is COc1ncnc(OC)c1-n1c(NS(=O)(=O)C(C)C(C)c2ncc(Cl)cn2)nnc1-c1nn(C)c2ccc(C)cc12. The number of methoxy groups -OCH3 is 2. The van der Waals surface area contributed by atoms with E-state index in [1.807, 2.05) is 25.1 Å². The zero-order chi connectivity index (χ0) is 29.5. The lowest BCUT2D eigenvalue weighted by Crippen LogP contribution is -2.31. The molecular formula is C25H27ClN10O4S. The molecule has 1 aromatic carbocycles. The molecule has 0 amide bonds. The van der Waals surface area contributed by atoms with Gasteiger partial charge in [0.25, 0.3) is 0 Å². The van der Waals surface area contributed by atoms with Gasteiger partial charge in [-0.2, -0.15) is 15.1 Å². The van der Waals surface area contributed by atoms with Gasteiger partial charge in [0.1, 0.15) is 17.8 Å². The van der Waals surface area contributed by atoms with Crippen LogP contribution in [0.25, 0.3) is 28.1 Å². The van der Waals surface area contributed by atoms with Gasteiger partial charge in [0.2, 0.25) is 27.7 Å². The second kappa shape index (κ2) is 10.9. The van der Waals surface area contributed by atoms with Crippen molar-refractivity contribution < 1.29 is 17.9 Å². The quantitative estimate of drug-likeness (QED) is 0.264. The molecule has 41 heavy (non-hydrogen) atoms. The summed E-state index contributed by atoms with van der Waals surface area (Å²) in [6.45, 7) is 5.22. The van der Waals surface area contributed by atoms with Crippen LogP contribution in [0, 0.1) is 6.92 Å². The van der Waals surface area contributed by atoms with Crippen molar-refractivity contribution in [2.24, 2.45) is 7.05 Å². The zero-order valence-corrected chi connectivity index (χ0v) is 24.6. The third kappa shape index (κ3) is 5.13. The van der Waals surface area contributed by atoms with Crippen molar-refractivity contribution in [3.05, 3.63) is 53.3 Å². The van der Waals surface area contributed by atoms with E-state index < -0.39 is 21.2 Å². The fraction of sp³-hybridized carbons (Fsp3) is 0.320. The minimum absolute atomic E-state index is 0.103. The zero-order valence-electron chi connectivity index (χ0n) is 23.1. The van der Waals surface area contributed by atoms with Gasteiger partial charge >= 0.3 is 0 Å². The predicted octanol–water partition coefficient (Wildman–Crippen LogP) is 3.31. The highest BCUT2D eigenvalue weighted by Gasteiger charge is 2.33. The van der Waals surface area contributed by atoms with Gasteiger partial charge in [-0.3, -0.25) is 9.40 Å². The molecule has 5 aromatic rings. The average molecular weight is 599 g/mol. The molecule has 0 aliphatic heterocycles. The second-order valence-electron chi connectivity index (χ2n) is 9.32. The Hall–Kier alpha value is -4.37. The van der Waals surface area contributed by atoms with E-state index in [1.165, 1.54) is 37.5 Å². The van der Waals surface area contributed by atoms with E-state index in [1.54, 1.807) is 25.6 Å². The van der Waals surface area contributed by atoms with Crippen molar-refractivity contribution >= 4 is 38.5 Å². The van der Waals surface area contributed by atoms with Gasteiger partial charge in [0.05, 0.1) is 30.0 Å². The Balaban J connectivity index is 1.68. The van der Waals surface area contributed by atoms with Crippen LogP contribution in [0.1, 0.15) is 31.2 Å². The van der Waals surface area contributed by atoms with Crippen molar-refractivity contribution in [2.75, 3.05) is 18.9 Å². The number of ether oxygens (including phenoxy) is 2. The highest BCUT2D eigenvalue weighted by molar-refractivity contribution is 7.93. The third-order valence-corrected chi connectivity index (χ3v) is 8.77. The van der Waals surface area contributed by atoms with Gasteiger partial charge < -0.3 is 9.47 Å². The topological polar surface area (TPSA) is 165 Å². The smallest absolute Gasteiger partial charge is 0.245 e. The number of hydrogen-bond acceptors (Lipinski definition) is 11. The van der Waals surface area contributed by atoms with E-state index in [9.17, 15) is 8.42 Å². The van der Waals surface area contributed by atoms with Gasteiger partial charge in [0.15, 0.2) is 11.5 Å². The fourth-order valence-corrected chi connectivity index (χ4v) is 5.68. The summed E-state index contributed by atoms with van der Waals surface area (Å²) in [6, 6.07) is 5.88. The molecule has 214 valence electrons. The molecule has 1 N–H and O–H groups in total. The molecule has 0 spiro atoms. The number of aromatic nitrogens is 9. The predicted molar refractivity (Wildman–Crippen MR) is 152 cm³/mol. The normalized spacial score (nSPS) is 13.2. The van der Waals surface area contributed by atoms with E-state index in [0.717, 1.165) is 16.5 Å². The summed E-state index contributed by atoms with van der Waals surface area (Å²) >= 11 is 5.91. The first kappa shape index (κ1) is 28.2. The first-order chi connectivity index (χ1) is 19.6. The lowest BCUT2D eigenvalue weighted by atomic mass is 10.1. The summed E-state index contributed by atoms with van der Waals surface area (Å²) in [4.78, 5) is 16.8. The molecule has 14 nitrogen and oxygen atoms in total. The Bertz CT molecular complexity index is 1820. The summed E-state index contributed by atoms with van der Waals surface area (Å²) in [5, 5.41) is 13.4. The van der Waals surface area contributed by atoms with Crippen LogP contribution in [0.5, 0.6) is 11.8 Å². The van der Waals surface area contributed by atoms with Crippen molar-refractivity contribution in [2.45, 2.75) is 31.9 Å². The van der Waals surface area contributed by atoms with Crippen LogP contribution >= 0.6 is 11.6 Å². The van der Waals surface area contributed by atoms with E-state index in [0.29, 0.717) is 16.5 Å². The molecular weight excluding hydrogens is 572 g/mol. The van der Waals surface area contributed by atoms with Crippen LogP contribution in [-0.4, -0.2) is 72.4 Å². The summed E-state index contributed by atoms with van der Waals surface area (Å²) < 4.78 is 44.1. The van der Waals surface area contributed by atoms with Crippen molar-refractivity contribution in [3.63, 3.8) is 0 Å². The molecule has 0 bridgehead atoms. The number of halogens is 1. The average Bonchev–Trinajstić information content (AvgIpc) is 3.51. The van der Waals surface area contributed by atoms with Crippen LogP contribution in [0.4, 0.5) is 5.95 Å². The van der Waals surface area contributed by atoms with E-state index >= 15 is 0 Å². The maximum Gasteiger partial charge on any atom is 0.245 e. The maximum atomic E-state index is 13.7. The van der Waals surface area contributed by atoms with Crippen LogP contribution in [-0.2, 0) is 17.1 Å². The standard InChI is InChI=1S/C25H27ClN10O4S/c1-13-7-8-18-17(9-13)19(33-35(18)4)22-31-32-25(36(22)20-23(39-5)29-12-30-24(20)40-6)34-41(37,38)15(3)14(2)21-27-10-16(26)11-28-21/h7-12,14-15H,1-6H3,(H,32,34). The van der Waals surface area contributed by atoms with E-state index in [2.05, 4.69) is 40.0 Å². The molecule has 0 saturated heterocycles. The van der Waals surface area contributed by atoms with Crippen LogP contribution < -0.4 is 14.2 Å². The van der Waals surface area contributed by atoms with Gasteiger partial charge in [-0.25, -0.2) is 23.0 Å². The number of hydrogen-bond donors (Lipinski definition) is 1. The van der Waals surface area contributed by atoms with Crippen molar-refractivity contribution in [1.82, 2.24) is 44.5 Å².